The van der Waals surface area contributed by atoms with Crippen molar-refractivity contribution in [2.24, 2.45) is 0 Å². The summed E-state index contributed by atoms with van der Waals surface area (Å²) in [5, 5.41) is 5.89. The fourth-order valence-electron chi connectivity index (χ4n) is 1.59. The number of nitrogen functional groups attached to an aromatic ring is 1. The van der Waals surface area contributed by atoms with Gasteiger partial charge in [0.15, 0.2) is 0 Å². The first-order valence-corrected chi connectivity index (χ1v) is 4.59. The van der Waals surface area contributed by atoms with Crippen molar-refractivity contribution in [3.05, 3.63) is 6.20 Å². The highest BCUT2D eigenvalue weighted by atomic mass is 16.5. The third kappa shape index (κ3) is 1.52. The molecule has 6 heteroatoms. The van der Waals surface area contributed by atoms with Crippen LogP contribution in [-0.4, -0.2) is 30.6 Å². The van der Waals surface area contributed by atoms with Gasteiger partial charge in [0, 0.05) is 0 Å². The molecule has 0 radical (unpaired) electrons. The molecule has 14 heavy (non-hydrogen) atoms. The molecular formula is C8H15N4O2+. The summed E-state index contributed by atoms with van der Waals surface area (Å²) in [5.41, 5.74) is 5.37. The quantitative estimate of drug-likeness (QED) is 0.605. The van der Waals surface area contributed by atoms with E-state index in [-0.39, 0.29) is 5.54 Å². The van der Waals surface area contributed by atoms with E-state index in [2.05, 4.69) is 24.1 Å². The summed E-state index contributed by atoms with van der Waals surface area (Å²) in [5.74, 6) is 0.312. The summed E-state index contributed by atoms with van der Waals surface area (Å²) in [6.07, 6.45) is 1.66. The van der Waals surface area contributed by atoms with Gasteiger partial charge in [0.25, 0.3) is 12.1 Å². The van der Waals surface area contributed by atoms with Crippen LogP contribution in [0.5, 0.6) is 0 Å². The second kappa shape index (κ2) is 3.13. The molecule has 2 rings (SSSR count). The first-order valence-electron chi connectivity index (χ1n) is 4.59. The van der Waals surface area contributed by atoms with Crippen molar-refractivity contribution in [3.63, 3.8) is 0 Å². The highest BCUT2D eigenvalue weighted by molar-refractivity contribution is 5.12. The van der Waals surface area contributed by atoms with Crippen molar-refractivity contribution < 1.29 is 14.1 Å². The van der Waals surface area contributed by atoms with Crippen LogP contribution in [0.15, 0.2) is 10.7 Å². The Bertz CT molecular complexity index is 323. The van der Waals surface area contributed by atoms with E-state index in [0.29, 0.717) is 19.1 Å². The van der Waals surface area contributed by atoms with E-state index >= 15 is 0 Å². The fourth-order valence-corrected chi connectivity index (χ4v) is 1.59. The maximum absolute atomic E-state index is 5.47. The summed E-state index contributed by atoms with van der Waals surface area (Å²) in [6.45, 7) is 6.33. The molecule has 2 heterocycles. The highest BCUT2D eigenvalue weighted by Gasteiger charge is 2.38. The second-order valence-corrected chi connectivity index (χ2v) is 4.01. The van der Waals surface area contributed by atoms with Crippen LogP contribution < -0.4 is 15.5 Å². The van der Waals surface area contributed by atoms with Crippen LogP contribution in [0.1, 0.15) is 13.8 Å². The molecule has 2 N–H and O–H groups in total. The molecule has 0 spiro atoms. The van der Waals surface area contributed by atoms with Gasteiger partial charge in [0.05, 0.1) is 18.0 Å². The molecule has 1 aromatic rings. The summed E-state index contributed by atoms with van der Waals surface area (Å²) in [6, 6.07) is 0. The van der Waals surface area contributed by atoms with Gasteiger partial charge in [-0.3, -0.25) is 4.52 Å². The minimum atomic E-state index is -0.0910. The Morgan fingerprint density at radius 1 is 1.64 bits per heavy atom. The molecule has 0 aliphatic carbocycles. The number of rotatable bonds is 1. The van der Waals surface area contributed by atoms with E-state index in [9.17, 15) is 0 Å². The first kappa shape index (κ1) is 9.26. The first-order chi connectivity index (χ1) is 6.59. The van der Waals surface area contributed by atoms with E-state index < -0.39 is 0 Å². The monoisotopic (exact) mass is 199 g/mol. The standard InChI is InChI=1S/C8H15N4O2/c1-8(2)6-13-4-3-11(8)12-5-7(9)14-10-12/h5H,3-4,6,9H2,1-2H3/q+1. The second-order valence-electron chi connectivity index (χ2n) is 4.01. The molecule has 0 aromatic carbocycles. The molecule has 0 amide bonds. The van der Waals surface area contributed by atoms with Gasteiger partial charge >= 0.3 is 0 Å². The third-order valence-corrected chi connectivity index (χ3v) is 2.32. The summed E-state index contributed by atoms with van der Waals surface area (Å²) in [7, 11) is 0. The van der Waals surface area contributed by atoms with Crippen molar-refractivity contribution in [1.82, 2.24) is 5.27 Å². The van der Waals surface area contributed by atoms with Crippen LogP contribution in [0.4, 0.5) is 5.88 Å². The Morgan fingerprint density at radius 3 is 3.00 bits per heavy atom. The zero-order chi connectivity index (χ0) is 10.2. The summed E-state index contributed by atoms with van der Waals surface area (Å²) in [4.78, 5) is 1.64. The topological polar surface area (TPSA) is 68.4 Å². The number of nitrogens with two attached hydrogens (primary N) is 1. The number of hydrogen-bond acceptors (Lipinski definition) is 5. The zero-order valence-electron chi connectivity index (χ0n) is 8.43. The molecule has 1 aromatic heterocycles. The maximum Gasteiger partial charge on any atom is 0.296 e. The van der Waals surface area contributed by atoms with E-state index in [0.717, 1.165) is 6.54 Å². The number of morpholine rings is 1. The molecule has 78 valence electrons. The Kier molecular flexibility index (Phi) is 2.07. The minimum absolute atomic E-state index is 0.0910. The van der Waals surface area contributed by atoms with Crippen LogP contribution in [0, 0.1) is 0 Å². The smallest absolute Gasteiger partial charge is 0.296 e. The molecule has 0 unspecified atom stereocenters. The van der Waals surface area contributed by atoms with Crippen molar-refractivity contribution in [1.29, 1.82) is 0 Å². The summed E-state index contributed by atoms with van der Waals surface area (Å²) < 4.78 is 10.2. The lowest BCUT2D eigenvalue weighted by atomic mass is 10.1. The Hall–Kier alpha value is -1.30. The van der Waals surface area contributed by atoms with E-state index in [4.69, 9.17) is 15.0 Å². The molecule has 0 atom stereocenters. The molecule has 1 fully saturated rings. The number of hydrogen-bond donors (Lipinski definition) is 1. The van der Waals surface area contributed by atoms with Crippen molar-refractivity contribution in [2.45, 2.75) is 19.4 Å². The van der Waals surface area contributed by atoms with Gasteiger partial charge in [-0.25, -0.2) is 0 Å². The fraction of sp³-hybridized carbons (Fsp3) is 0.750. The van der Waals surface area contributed by atoms with E-state index in [1.54, 1.807) is 11.0 Å². The van der Waals surface area contributed by atoms with Crippen LogP contribution in [0.2, 0.25) is 0 Å². The SMILES string of the molecule is CC1(C)COCCN1[n+]1cc(N)on1. The van der Waals surface area contributed by atoms with Crippen LogP contribution in [0.3, 0.4) is 0 Å². The minimum Gasteiger partial charge on any atom is -0.377 e. The zero-order valence-corrected chi connectivity index (χ0v) is 8.43. The third-order valence-electron chi connectivity index (χ3n) is 2.32. The van der Waals surface area contributed by atoms with Crippen molar-refractivity contribution in [3.8, 4) is 0 Å². The molecule has 0 bridgehead atoms. The highest BCUT2D eigenvalue weighted by Crippen LogP contribution is 2.13. The lowest BCUT2D eigenvalue weighted by Crippen LogP contribution is -2.71. The largest absolute Gasteiger partial charge is 0.377 e. The summed E-state index contributed by atoms with van der Waals surface area (Å²) >= 11 is 0. The molecule has 1 aliphatic heterocycles. The van der Waals surface area contributed by atoms with Crippen LogP contribution in [-0.2, 0) is 4.74 Å². The van der Waals surface area contributed by atoms with Crippen LogP contribution >= 0.6 is 0 Å². The van der Waals surface area contributed by atoms with Gasteiger partial charge in [0.1, 0.15) is 12.1 Å². The van der Waals surface area contributed by atoms with Gasteiger partial charge in [-0.2, -0.15) is 0 Å². The average molecular weight is 199 g/mol. The Morgan fingerprint density at radius 2 is 2.43 bits per heavy atom. The molecule has 0 saturated carbocycles. The predicted molar refractivity (Wildman–Crippen MR) is 49.1 cm³/mol. The average Bonchev–Trinajstić information content (AvgIpc) is 2.51. The van der Waals surface area contributed by atoms with Gasteiger partial charge < -0.3 is 10.5 Å². The predicted octanol–water partition coefficient (Wildman–Crippen LogP) is -0.709. The van der Waals surface area contributed by atoms with Gasteiger partial charge in [-0.1, -0.05) is 0 Å². The van der Waals surface area contributed by atoms with E-state index in [1.807, 2.05) is 0 Å². The number of aromatic nitrogens is 2. The molecular weight excluding hydrogens is 184 g/mol. The normalized spacial score (nSPS) is 21.1. The maximum atomic E-state index is 5.47. The van der Waals surface area contributed by atoms with Crippen molar-refractivity contribution in [2.75, 3.05) is 30.5 Å². The van der Waals surface area contributed by atoms with Crippen LogP contribution in [0.25, 0.3) is 0 Å². The molecule has 6 nitrogen and oxygen atoms in total. The Balaban J connectivity index is 2.23. The Labute approximate surface area is 82.2 Å². The number of ether oxygens (including phenoxy) is 1. The number of anilines is 1. The van der Waals surface area contributed by atoms with E-state index in [1.165, 1.54) is 0 Å². The van der Waals surface area contributed by atoms with Gasteiger partial charge in [0.2, 0.25) is 5.27 Å². The molecule has 1 aliphatic rings. The number of nitrogens with zero attached hydrogens (tertiary/aromatic N) is 3. The van der Waals surface area contributed by atoms with Crippen molar-refractivity contribution >= 4 is 5.88 Å². The molecule has 1 saturated heterocycles. The van der Waals surface area contributed by atoms with Gasteiger partial charge in [-0.15, -0.1) is 5.01 Å². The lowest BCUT2D eigenvalue weighted by Gasteiger charge is -2.35. The van der Waals surface area contributed by atoms with Gasteiger partial charge in [-0.05, 0) is 13.8 Å². The lowest BCUT2D eigenvalue weighted by molar-refractivity contribution is -0.767.